The van der Waals surface area contributed by atoms with Crippen LogP contribution in [-0.2, 0) is 0 Å². The molecule has 1 aliphatic heterocycles. The van der Waals surface area contributed by atoms with E-state index in [0.717, 1.165) is 18.0 Å². The number of hydrogen-bond donors (Lipinski definition) is 0. The summed E-state index contributed by atoms with van der Waals surface area (Å²) in [5, 5.41) is 0. The predicted molar refractivity (Wildman–Crippen MR) is 74.2 cm³/mol. The van der Waals surface area contributed by atoms with E-state index in [-0.39, 0.29) is 0 Å². The molecular formula is C15H28N2. The van der Waals surface area contributed by atoms with Crippen LogP contribution in [0.25, 0.3) is 0 Å². The Balaban J connectivity index is 1.89. The molecule has 1 aliphatic carbocycles. The van der Waals surface area contributed by atoms with Gasteiger partial charge < -0.3 is 4.90 Å². The van der Waals surface area contributed by atoms with Gasteiger partial charge in [-0.2, -0.15) is 0 Å². The first-order valence-electron chi connectivity index (χ1n) is 7.33. The van der Waals surface area contributed by atoms with Gasteiger partial charge in [-0.05, 0) is 45.6 Å². The molecule has 0 aromatic heterocycles. The number of allylic oxidation sites excluding steroid dienone is 2. The second kappa shape index (κ2) is 6.01. The molecule has 0 radical (unpaired) electrons. The van der Waals surface area contributed by atoms with Crippen LogP contribution in [0.1, 0.15) is 40.0 Å². The lowest BCUT2D eigenvalue weighted by atomic mass is 9.92. The Morgan fingerprint density at radius 3 is 2.35 bits per heavy atom. The molecule has 0 bridgehead atoms. The largest absolute Gasteiger partial charge is 0.301 e. The highest BCUT2D eigenvalue weighted by atomic mass is 15.3. The maximum absolute atomic E-state index is 2.75. The number of rotatable bonds is 3. The average molecular weight is 236 g/mol. The SMILES string of the molecule is CCN1CC(C)N(CC2CC=CCC2)C(C)C1. The van der Waals surface area contributed by atoms with Gasteiger partial charge in [0.15, 0.2) is 0 Å². The maximum atomic E-state index is 2.75. The third-order valence-corrected chi connectivity index (χ3v) is 4.47. The van der Waals surface area contributed by atoms with Crippen LogP contribution in [-0.4, -0.2) is 48.1 Å². The van der Waals surface area contributed by atoms with Crippen molar-refractivity contribution in [3.8, 4) is 0 Å². The fraction of sp³-hybridized carbons (Fsp3) is 0.867. The number of nitrogens with zero attached hydrogens (tertiary/aromatic N) is 2. The Morgan fingerprint density at radius 1 is 1.12 bits per heavy atom. The fourth-order valence-corrected chi connectivity index (χ4v) is 3.40. The molecule has 0 saturated carbocycles. The summed E-state index contributed by atoms with van der Waals surface area (Å²) >= 11 is 0. The number of hydrogen-bond acceptors (Lipinski definition) is 2. The van der Waals surface area contributed by atoms with Gasteiger partial charge in [0.2, 0.25) is 0 Å². The Labute approximate surface area is 107 Å². The van der Waals surface area contributed by atoms with Gasteiger partial charge in [0.25, 0.3) is 0 Å². The van der Waals surface area contributed by atoms with Gasteiger partial charge in [-0.3, -0.25) is 4.90 Å². The highest BCUT2D eigenvalue weighted by Gasteiger charge is 2.30. The highest BCUT2D eigenvalue weighted by molar-refractivity contribution is 4.93. The van der Waals surface area contributed by atoms with Crippen molar-refractivity contribution in [1.29, 1.82) is 0 Å². The van der Waals surface area contributed by atoms with Gasteiger partial charge in [-0.1, -0.05) is 19.1 Å². The fourth-order valence-electron chi connectivity index (χ4n) is 3.40. The van der Waals surface area contributed by atoms with E-state index in [1.54, 1.807) is 0 Å². The van der Waals surface area contributed by atoms with Crippen LogP contribution in [0.3, 0.4) is 0 Å². The van der Waals surface area contributed by atoms with Crippen molar-refractivity contribution in [2.75, 3.05) is 26.2 Å². The summed E-state index contributed by atoms with van der Waals surface area (Å²) < 4.78 is 0. The zero-order valence-electron chi connectivity index (χ0n) is 11.7. The van der Waals surface area contributed by atoms with Crippen LogP contribution in [0.15, 0.2) is 12.2 Å². The van der Waals surface area contributed by atoms with E-state index in [0.29, 0.717) is 0 Å². The second-order valence-corrected chi connectivity index (χ2v) is 5.90. The van der Waals surface area contributed by atoms with E-state index in [1.807, 2.05) is 0 Å². The molecule has 1 heterocycles. The summed E-state index contributed by atoms with van der Waals surface area (Å²) in [7, 11) is 0. The molecule has 0 aromatic carbocycles. The lowest BCUT2D eigenvalue weighted by Crippen LogP contribution is -2.57. The molecule has 3 atom stereocenters. The second-order valence-electron chi connectivity index (χ2n) is 5.90. The highest BCUT2D eigenvalue weighted by Crippen LogP contribution is 2.23. The molecule has 2 rings (SSSR count). The van der Waals surface area contributed by atoms with E-state index in [4.69, 9.17) is 0 Å². The molecule has 0 aromatic rings. The van der Waals surface area contributed by atoms with Crippen molar-refractivity contribution in [1.82, 2.24) is 9.80 Å². The van der Waals surface area contributed by atoms with Crippen LogP contribution in [0, 0.1) is 5.92 Å². The molecule has 2 nitrogen and oxygen atoms in total. The normalized spacial score (nSPS) is 36.3. The van der Waals surface area contributed by atoms with Crippen molar-refractivity contribution in [2.24, 2.45) is 5.92 Å². The summed E-state index contributed by atoms with van der Waals surface area (Å²) in [6.07, 6.45) is 8.71. The molecule has 0 N–H and O–H groups in total. The lowest BCUT2D eigenvalue weighted by molar-refractivity contribution is 0.0288. The number of piperazine rings is 1. The Morgan fingerprint density at radius 2 is 1.82 bits per heavy atom. The smallest absolute Gasteiger partial charge is 0.0198 e. The van der Waals surface area contributed by atoms with E-state index in [2.05, 4.69) is 42.7 Å². The minimum absolute atomic E-state index is 0.726. The van der Waals surface area contributed by atoms with Gasteiger partial charge in [-0.15, -0.1) is 0 Å². The summed E-state index contributed by atoms with van der Waals surface area (Å²) in [5.74, 6) is 0.901. The first-order valence-corrected chi connectivity index (χ1v) is 7.33. The molecular weight excluding hydrogens is 208 g/mol. The monoisotopic (exact) mass is 236 g/mol. The summed E-state index contributed by atoms with van der Waals surface area (Å²) in [6.45, 7) is 12.1. The minimum Gasteiger partial charge on any atom is -0.301 e. The summed E-state index contributed by atoms with van der Waals surface area (Å²) in [5.41, 5.74) is 0. The van der Waals surface area contributed by atoms with Crippen molar-refractivity contribution >= 4 is 0 Å². The summed E-state index contributed by atoms with van der Waals surface area (Å²) in [4.78, 5) is 5.34. The molecule has 17 heavy (non-hydrogen) atoms. The van der Waals surface area contributed by atoms with E-state index < -0.39 is 0 Å². The predicted octanol–water partition coefficient (Wildman–Crippen LogP) is 2.76. The van der Waals surface area contributed by atoms with Crippen LogP contribution in [0.5, 0.6) is 0 Å². The Bertz CT molecular complexity index is 250. The molecule has 0 spiro atoms. The van der Waals surface area contributed by atoms with Gasteiger partial charge in [0, 0.05) is 31.7 Å². The molecule has 0 amide bonds. The average Bonchev–Trinajstić information content (AvgIpc) is 2.35. The zero-order valence-corrected chi connectivity index (χ0v) is 11.7. The molecule has 1 saturated heterocycles. The molecule has 1 fully saturated rings. The first kappa shape index (κ1) is 13.1. The van der Waals surface area contributed by atoms with Crippen molar-refractivity contribution < 1.29 is 0 Å². The van der Waals surface area contributed by atoms with Gasteiger partial charge in [0.05, 0.1) is 0 Å². The minimum atomic E-state index is 0.726. The van der Waals surface area contributed by atoms with Crippen molar-refractivity contribution in [3.05, 3.63) is 12.2 Å². The van der Waals surface area contributed by atoms with Crippen LogP contribution >= 0.6 is 0 Å². The maximum Gasteiger partial charge on any atom is 0.0198 e. The Kier molecular flexibility index (Phi) is 4.63. The molecule has 3 unspecified atom stereocenters. The van der Waals surface area contributed by atoms with Gasteiger partial charge in [0.1, 0.15) is 0 Å². The standard InChI is InChI=1S/C15H28N2/c1-4-16-10-13(2)17(14(3)11-16)12-15-8-6-5-7-9-15/h5-6,13-15H,4,7-12H2,1-3H3. The Hall–Kier alpha value is -0.340. The van der Waals surface area contributed by atoms with E-state index in [1.165, 1.54) is 45.4 Å². The quantitative estimate of drug-likeness (QED) is 0.695. The van der Waals surface area contributed by atoms with E-state index >= 15 is 0 Å². The lowest BCUT2D eigenvalue weighted by Gasteiger charge is -2.45. The van der Waals surface area contributed by atoms with Crippen LogP contribution in [0.4, 0.5) is 0 Å². The third kappa shape index (κ3) is 3.32. The molecule has 98 valence electrons. The topological polar surface area (TPSA) is 6.48 Å². The first-order chi connectivity index (χ1) is 8.20. The van der Waals surface area contributed by atoms with E-state index in [9.17, 15) is 0 Å². The third-order valence-electron chi connectivity index (χ3n) is 4.47. The van der Waals surface area contributed by atoms with Crippen LogP contribution < -0.4 is 0 Å². The molecule has 2 aliphatic rings. The van der Waals surface area contributed by atoms with Gasteiger partial charge >= 0.3 is 0 Å². The molecule has 2 heteroatoms. The van der Waals surface area contributed by atoms with Crippen LogP contribution in [0.2, 0.25) is 0 Å². The van der Waals surface area contributed by atoms with Crippen molar-refractivity contribution in [3.63, 3.8) is 0 Å². The summed E-state index contributed by atoms with van der Waals surface area (Å²) in [6, 6.07) is 1.45. The van der Waals surface area contributed by atoms with Gasteiger partial charge in [-0.25, -0.2) is 0 Å². The number of likely N-dealkylation sites (N-methyl/N-ethyl adjacent to an activating group) is 1. The van der Waals surface area contributed by atoms with Crippen molar-refractivity contribution in [2.45, 2.75) is 52.1 Å². The zero-order chi connectivity index (χ0) is 12.3.